The molecule has 0 aliphatic carbocycles. The molecule has 1 saturated heterocycles. The quantitative estimate of drug-likeness (QED) is 0.138. The van der Waals surface area contributed by atoms with Gasteiger partial charge >= 0.3 is 0 Å². The third-order valence-electron chi connectivity index (χ3n) is 9.61. The lowest BCUT2D eigenvalue weighted by atomic mass is 9.82. The van der Waals surface area contributed by atoms with Crippen molar-refractivity contribution in [3.8, 4) is 11.4 Å². The molecule has 2 aromatic carbocycles. The molecule has 1 N–H and O–H groups in total. The summed E-state index contributed by atoms with van der Waals surface area (Å²) in [6.45, 7) is 9.60. The average molecular weight is 658 g/mol. The lowest BCUT2D eigenvalue weighted by molar-refractivity contribution is -0.145. The lowest BCUT2D eigenvalue weighted by Crippen LogP contribution is -2.45. The predicted octanol–water partition coefficient (Wildman–Crippen LogP) is 4.96. The van der Waals surface area contributed by atoms with Crippen molar-refractivity contribution in [2.45, 2.75) is 56.1 Å². The summed E-state index contributed by atoms with van der Waals surface area (Å²) >= 11 is 0. The Morgan fingerprint density at radius 2 is 1.94 bits per heavy atom. The third-order valence-corrected chi connectivity index (χ3v) is 12.1. The van der Waals surface area contributed by atoms with Crippen LogP contribution in [0.5, 0.6) is 5.75 Å². The van der Waals surface area contributed by atoms with Gasteiger partial charge in [-0.1, -0.05) is 48.5 Å². The van der Waals surface area contributed by atoms with Gasteiger partial charge in [0.25, 0.3) is 11.5 Å². The van der Waals surface area contributed by atoms with Crippen molar-refractivity contribution in [1.82, 2.24) is 19.6 Å². The molecule has 1 amide bonds. The zero-order valence-corrected chi connectivity index (χ0v) is 28.0. The van der Waals surface area contributed by atoms with Crippen LogP contribution in [0.15, 0.2) is 90.5 Å². The molecule has 10 nitrogen and oxygen atoms in total. The van der Waals surface area contributed by atoms with Gasteiger partial charge in [-0.25, -0.2) is 0 Å². The molecule has 1 unspecified atom stereocenters. The number of carbonyl (C=O) groups excluding carboxylic acids is 1. The van der Waals surface area contributed by atoms with E-state index in [0.29, 0.717) is 35.6 Å². The first-order valence-electron chi connectivity index (χ1n) is 15.8. The van der Waals surface area contributed by atoms with E-state index < -0.39 is 31.6 Å². The van der Waals surface area contributed by atoms with Gasteiger partial charge in [0, 0.05) is 48.2 Å². The molecular formula is C35H40FN5O5Si. The molecule has 4 aromatic rings. The van der Waals surface area contributed by atoms with Crippen molar-refractivity contribution in [2.75, 3.05) is 25.2 Å². The first-order chi connectivity index (χ1) is 22.5. The number of methoxy groups -OCH3 is 1. The molecule has 2 aromatic heterocycles. The predicted molar refractivity (Wildman–Crippen MR) is 179 cm³/mol. The molecule has 0 saturated carbocycles. The van der Waals surface area contributed by atoms with Crippen LogP contribution in [-0.2, 0) is 21.7 Å². The van der Waals surface area contributed by atoms with E-state index in [0.717, 1.165) is 5.56 Å². The average Bonchev–Trinajstić information content (AvgIpc) is 3.71. The maximum absolute atomic E-state index is 16.3. The van der Waals surface area contributed by atoms with E-state index in [2.05, 4.69) is 16.9 Å². The van der Waals surface area contributed by atoms with Crippen LogP contribution in [0.25, 0.3) is 5.69 Å². The number of hydrogen-bond donors (Lipinski definition) is 1. The number of rotatable bonds is 11. The van der Waals surface area contributed by atoms with E-state index in [-0.39, 0.29) is 36.3 Å². The molecule has 0 radical (unpaired) electrons. The molecule has 1 fully saturated rings. The number of halogens is 1. The topological polar surface area (TPSA) is 112 Å². The number of aliphatic hydroxyl groups excluding tert-OH is 1. The summed E-state index contributed by atoms with van der Waals surface area (Å²) in [5.74, 6) is -0.901. The zero-order valence-electron chi connectivity index (χ0n) is 27.0. The van der Waals surface area contributed by atoms with Crippen LogP contribution in [-0.4, -0.2) is 65.3 Å². The van der Waals surface area contributed by atoms with Gasteiger partial charge in [0.2, 0.25) is 8.41 Å². The van der Waals surface area contributed by atoms with E-state index in [4.69, 9.17) is 9.47 Å². The Hall–Kier alpha value is -4.39. The Bertz CT molecular complexity index is 1840. The minimum absolute atomic E-state index is 0.120. The molecule has 0 bridgehead atoms. The molecule has 6 rings (SSSR count). The molecule has 5 atom stereocenters. The van der Waals surface area contributed by atoms with Gasteiger partial charge in [-0.3, -0.25) is 18.8 Å². The highest BCUT2D eigenvalue weighted by Crippen LogP contribution is 2.60. The number of benzene rings is 2. The Kier molecular flexibility index (Phi) is 8.77. The number of ether oxygens (including phenoxy) is 2. The van der Waals surface area contributed by atoms with Gasteiger partial charge in [-0.2, -0.15) is 0 Å². The molecule has 1 spiro atoms. The molecule has 246 valence electrons. The van der Waals surface area contributed by atoms with Gasteiger partial charge < -0.3 is 23.6 Å². The number of fused-ring (bicyclic) bond motifs is 2. The van der Waals surface area contributed by atoms with E-state index in [9.17, 15) is 14.7 Å². The number of aromatic nitrogens is 4. The molecule has 12 heteroatoms. The summed E-state index contributed by atoms with van der Waals surface area (Å²) in [6.07, 6.45) is 4.91. The zero-order chi connectivity index (χ0) is 33.5. The maximum atomic E-state index is 16.3. The second-order valence-corrected chi connectivity index (χ2v) is 16.6. The van der Waals surface area contributed by atoms with Crippen molar-refractivity contribution in [2.24, 2.45) is 5.92 Å². The summed E-state index contributed by atoms with van der Waals surface area (Å²) in [5.41, 5.74) is 1.05. The minimum atomic E-state index is -3.40. The van der Waals surface area contributed by atoms with Gasteiger partial charge in [-0.15, -0.1) is 11.7 Å². The number of pyridine rings is 1. The van der Waals surface area contributed by atoms with Crippen molar-refractivity contribution >= 4 is 20.0 Å². The van der Waals surface area contributed by atoms with E-state index >= 15 is 4.11 Å². The van der Waals surface area contributed by atoms with Crippen LogP contribution in [0, 0.1) is 5.92 Å². The summed E-state index contributed by atoms with van der Waals surface area (Å²) in [7, 11) is -1.96. The third kappa shape index (κ3) is 5.53. The molecule has 4 heterocycles. The minimum Gasteiger partial charge on any atom is -0.491 e. The normalized spacial score (nSPS) is 22.9. The van der Waals surface area contributed by atoms with E-state index in [1.165, 1.54) is 11.7 Å². The number of nitrogens with zero attached hydrogens (tertiary/aromatic N) is 5. The molecular weight excluding hydrogens is 617 g/mol. The van der Waals surface area contributed by atoms with Crippen molar-refractivity contribution in [3.05, 3.63) is 113 Å². The number of anilines is 1. The fourth-order valence-corrected chi connectivity index (χ4v) is 10.0. The second kappa shape index (κ2) is 12.7. The highest BCUT2D eigenvalue weighted by Gasteiger charge is 2.66. The van der Waals surface area contributed by atoms with Crippen molar-refractivity contribution in [1.29, 1.82) is 0 Å². The van der Waals surface area contributed by atoms with Crippen LogP contribution in [0.2, 0.25) is 18.6 Å². The Morgan fingerprint density at radius 3 is 2.62 bits per heavy atom. The molecule has 2 aliphatic heterocycles. The highest BCUT2D eigenvalue weighted by molar-refractivity contribution is 6.72. The van der Waals surface area contributed by atoms with Gasteiger partial charge in [0.15, 0.2) is 11.4 Å². The Morgan fingerprint density at radius 1 is 1.17 bits per heavy atom. The van der Waals surface area contributed by atoms with Gasteiger partial charge in [0.05, 0.1) is 37.1 Å². The number of amides is 1. The lowest BCUT2D eigenvalue weighted by Gasteiger charge is -2.31. The first-order valence-corrected chi connectivity index (χ1v) is 18.8. The number of aryl methyl sites for hydroxylation is 1. The smallest absolute Gasteiger partial charge is 0.297 e. The van der Waals surface area contributed by atoms with Crippen LogP contribution in [0.3, 0.4) is 0 Å². The van der Waals surface area contributed by atoms with Gasteiger partial charge in [-0.05, 0) is 55.4 Å². The van der Waals surface area contributed by atoms with Crippen molar-refractivity contribution in [3.63, 3.8) is 0 Å². The monoisotopic (exact) mass is 657 g/mol. The van der Waals surface area contributed by atoms with E-state index in [1.54, 1.807) is 59.3 Å². The summed E-state index contributed by atoms with van der Waals surface area (Å²) in [5, 5.41) is 18.8. The fraction of sp³-hybridized carbons (Fsp3) is 0.371. The van der Waals surface area contributed by atoms with Gasteiger partial charge in [0.1, 0.15) is 0 Å². The highest BCUT2D eigenvalue weighted by atomic mass is 28.4. The van der Waals surface area contributed by atoms with E-state index in [1.807, 2.05) is 49.4 Å². The number of hydrogen-bond acceptors (Lipinski definition) is 7. The SMILES string of the molecule is C=CCN1C(=O)[C@]2(O[C@H](CCn3cc(C(CO)c4ccccc4)nn3)[C@@H]([Si](C)(C)F)[C@@H]2C)c2cc(-n3cccc(OC)c3=O)ccc21. The largest absolute Gasteiger partial charge is 0.491 e. The Balaban J connectivity index is 1.36. The summed E-state index contributed by atoms with van der Waals surface area (Å²) in [4.78, 5) is 29.2. The van der Waals surface area contributed by atoms with Crippen LogP contribution >= 0.6 is 0 Å². The maximum Gasteiger partial charge on any atom is 0.297 e. The second-order valence-electron chi connectivity index (χ2n) is 12.8. The van der Waals surface area contributed by atoms with Crippen molar-refractivity contribution < 1.29 is 23.5 Å². The fourth-order valence-electron chi connectivity index (χ4n) is 7.50. The number of aliphatic hydroxyl groups is 1. The summed E-state index contributed by atoms with van der Waals surface area (Å²) in [6, 6.07) is 18.3. The molecule has 2 aliphatic rings. The Labute approximate surface area is 274 Å². The van der Waals surface area contributed by atoms with Crippen LogP contribution < -0.4 is 15.2 Å². The first kappa shape index (κ1) is 32.5. The van der Waals surface area contributed by atoms with Crippen LogP contribution in [0.4, 0.5) is 9.80 Å². The molecule has 47 heavy (non-hydrogen) atoms. The standard InChI is InChI=1S/C35H40FN5O5Si/c1-6-17-41-29-15-14-25(40-18-10-13-31(45-3)33(40)43)20-27(29)35(34(41)44)23(2)32(47(4,5)36)30(46-35)16-19-39-21-28(37-38-39)26(22-42)24-11-8-7-9-12-24/h6-15,18,20-21,23,26,30,32,42H,1,16-17,19,22H2,2-5H3/t23-,26?,30+,32-,35+/m0/s1. The summed E-state index contributed by atoms with van der Waals surface area (Å²) < 4.78 is 31.6. The van der Waals surface area contributed by atoms with Crippen LogP contribution in [0.1, 0.15) is 36.1 Å². The number of carbonyl (C=O) groups is 1.